The van der Waals surface area contributed by atoms with Crippen molar-refractivity contribution in [2.45, 2.75) is 11.3 Å². The molecule has 0 spiro atoms. The Labute approximate surface area is 252 Å². The number of aromatic nitrogens is 1. The molecular formula is C38H27N3OS. The highest BCUT2D eigenvalue weighted by Crippen LogP contribution is 2.35. The fourth-order valence-corrected chi connectivity index (χ4v) is 6.85. The van der Waals surface area contributed by atoms with E-state index in [0.717, 1.165) is 54.8 Å². The van der Waals surface area contributed by atoms with Gasteiger partial charge in [-0.3, -0.25) is 4.57 Å². The molecule has 8 rings (SSSR count). The van der Waals surface area contributed by atoms with Crippen LogP contribution in [0.2, 0.25) is 0 Å². The summed E-state index contributed by atoms with van der Waals surface area (Å²) in [5, 5.41) is 7.06. The van der Waals surface area contributed by atoms with E-state index in [9.17, 15) is 0 Å². The molecule has 2 aromatic heterocycles. The third kappa shape index (κ3) is 4.37. The van der Waals surface area contributed by atoms with Crippen LogP contribution in [0, 0.1) is 0 Å². The molecule has 0 atom stereocenters. The number of fused-ring (bicyclic) bond motifs is 7. The van der Waals surface area contributed by atoms with Crippen LogP contribution in [0.5, 0.6) is 0 Å². The summed E-state index contributed by atoms with van der Waals surface area (Å²) in [4.78, 5) is 0.964. The van der Waals surface area contributed by atoms with Crippen molar-refractivity contribution in [2.24, 2.45) is 10.1 Å². The lowest BCUT2D eigenvalue weighted by Crippen LogP contribution is -2.14. The van der Waals surface area contributed by atoms with Gasteiger partial charge in [-0.05, 0) is 52.7 Å². The van der Waals surface area contributed by atoms with Crippen LogP contribution in [0.15, 0.2) is 148 Å². The second-order valence-electron chi connectivity index (χ2n) is 10.8. The summed E-state index contributed by atoms with van der Waals surface area (Å²) in [6, 6.07) is 44.3. The first-order valence-electron chi connectivity index (χ1n) is 14.2. The zero-order valence-corrected chi connectivity index (χ0v) is 24.1. The Morgan fingerprint density at radius 2 is 1.37 bits per heavy atom. The molecule has 8 aromatic rings. The van der Waals surface area contributed by atoms with Gasteiger partial charge in [0.25, 0.3) is 0 Å². The van der Waals surface area contributed by atoms with E-state index in [2.05, 4.69) is 96.1 Å². The molecule has 0 aliphatic carbocycles. The number of rotatable bonds is 5. The first kappa shape index (κ1) is 25.5. The third-order valence-electron chi connectivity index (χ3n) is 8.09. The first-order chi connectivity index (χ1) is 21.1. The number of benzene rings is 6. The average molecular weight is 574 g/mol. The van der Waals surface area contributed by atoms with Gasteiger partial charge < -0.3 is 10.2 Å². The normalized spacial score (nSPS) is 12.2. The summed E-state index contributed by atoms with van der Waals surface area (Å²) < 4.78 is 13.8. The molecule has 0 aliphatic rings. The fourth-order valence-electron chi connectivity index (χ4n) is 6.06. The molecule has 0 saturated heterocycles. The Bertz CT molecular complexity index is 2390. The summed E-state index contributed by atoms with van der Waals surface area (Å²) in [5.74, 6) is 0.916. The third-order valence-corrected chi connectivity index (χ3v) is 8.94. The molecule has 4 nitrogen and oxygen atoms in total. The van der Waals surface area contributed by atoms with E-state index in [1.54, 1.807) is 0 Å². The molecule has 0 aliphatic heterocycles. The molecule has 5 heteroatoms. The highest BCUT2D eigenvalue weighted by Gasteiger charge is 2.18. The van der Waals surface area contributed by atoms with Crippen LogP contribution in [0.25, 0.3) is 60.2 Å². The largest absolute Gasteiger partial charge is 0.456 e. The van der Waals surface area contributed by atoms with E-state index in [0.29, 0.717) is 12.1 Å². The summed E-state index contributed by atoms with van der Waals surface area (Å²) in [5.41, 5.74) is 12.7. The summed E-state index contributed by atoms with van der Waals surface area (Å²) in [6.07, 6.45) is 0.603. The van der Waals surface area contributed by atoms with Gasteiger partial charge in [0.05, 0.1) is 11.0 Å². The molecule has 43 heavy (non-hydrogen) atoms. The van der Waals surface area contributed by atoms with Gasteiger partial charge in [-0.15, -0.1) is 0 Å². The summed E-state index contributed by atoms with van der Waals surface area (Å²) >= 11 is 1.43. The monoisotopic (exact) mass is 573 g/mol. The lowest BCUT2D eigenvalue weighted by atomic mass is 10.1. The van der Waals surface area contributed by atoms with Gasteiger partial charge in [0.2, 0.25) is 0 Å². The van der Waals surface area contributed by atoms with E-state index < -0.39 is 0 Å². The zero-order valence-electron chi connectivity index (χ0n) is 23.3. The molecule has 0 radical (unpaired) electrons. The van der Waals surface area contributed by atoms with Gasteiger partial charge in [0.1, 0.15) is 17.0 Å². The van der Waals surface area contributed by atoms with Crippen molar-refractivity contribution in [3.05, 3.63) is 145 Å². The van der Waals surface area contributed by atoms with Gasteiger partial charge in [0.15, 0.2) is 0 Å². The van der Waals surface area contributed by atoms with Crippen LogP contribution in [0.1, 0.15) is 11.1 Å². The molecule has 206 valence electrons. The van der Waals surface area contributed by atoms with Crippen LogP contribution in [-0.4, -0.2) is 10.4 Å². The molecule has 0 unspecified atom stereocenters. The van der Waals surface area contributed by atoms with Crippen LogP contribution in [0.4, 0.5) is 0 Å². The van der Waals surface area contributed by atoms with Gasteiger partial charge in [-0.25, -0.2) is 0 Å². The smallest absolute Gasteiger partial charge is 0.135 e. The van der Waals surface area contributed by atoms with Gasteiger partial charge in [0, 0.05) is 56.1 Å². The minimum atomic E-state index is 0.526. The van der Waals surface area contributed by atoms with Gasteiger partial charge in [-0.1, -0.05) is 97.6 Å². The van der Waals surface area contributed by atoms with Crippen LogP contribution >= 0.6 is 11.9 Å². The van der Waals surface area contributed by atoms with Crippen LogP contribution in [-0.2, 0) is 6.42 Å². The van der Waals surface area contributed by atoms with Crippen molar-refractivity contribution in [3.63, 3.8) is 0 Å². The maximum atomic E-state index is 6.25. The molecule has 2 N–H and O–H groups in total. The van der Waals surface area contributed by atoms with E-state index in [1.165, 1.54) is 33.5 Å². The highest BCUT2D eigenvalue weighted by atomic mass is 32.2. The number of nitrogens with zero attached hydrogens (tertiary/aromatic N) is 2. The molecular weight excluding hydrogens is 547 g/mol. The van der Waals surface area contributed by atoms with Crippen molar-refractivity contribution in [3.8, 4) is 0 Å². The van der Waals surface area contributed by atoms with Crippen molar-refractivity contribution >= 4 is 78.0 Å². The average Bonchev–Trinajstić information content (AvgIpc) is 3.57. The first-order valence-corrected chi connectivity index (χ1v) is 15.0. The SMILES string of the molecule is C=C(N)c1ccccc1SN=C(Cc1ccc2c(c1)oc1ccccc12)n1c2ccccc2c2cc3ccccc3cc21. The van der Waals surface area contributed by atoms with Crippen molar-refractivity contribution < 1.29 is 4.42 Å². The second-order valence-corrected chi connectivity index (χ2v) is 11.6. The molecule has 0 fully saturated rings. The lowest BCUT2D eigenvalue weighted by molar-refractivity contribution is 0.668. The second kappa shape index (κ2) is 10.2. The molecule has 0 saturated carbocycles. The zero-order chi connectivity index (χ0) is 28.9. The van der Waals surface area contributed by atoms with E-state index in [4.69, 9.17) is 14.5 Å². The van der Waals surface area contributed by atoms with Gasteiger partial charge in [-0.2, -0.15) is 4.40 Å². The number of nitrogens with two attached hydrogens (primary N) is 1. The predicted molar refractivity (Wildman–Crippen MR) is 183 cm³/mol. The minimum absolute atomic E-state index is 0.526. The van der Waals surface area contributed by atoms with Crippen LogP contribution < -0.4 is 5.73 Å². The van der Waals surface area contributed by atoms with E-state index in [1.807, 2.05) is 42.5 Å². The Balaban J connectivity index is 1.34. The predicted octanol–water partition coefficient (Wildman–Crippen LogP) is 9.97. The van der Waals surface area contributed by atoms with Crippen LogP contribution in [0.3, 0.4) is 0 Å². The highest BCUT2D eigenvalue weighted by molar-refractivity contribution is 7.98. The topological polar surface area (TPSA) is 56.4 Å². The Morgan fingerprint density at radius 3 is 2.23 bits per heavy atom. The van der Waals surface area contributed by atoms with Crippen molar-refractivity contribution in [1.29, 1.82) is 0 Å². The summed E-state index contributed by atoms with van der Waals surface area (Å²) in [6.45, 7) is 3.99. The standard InChI is InChI=1S/C38H27N3OS/c1-24(39)28-12-6-9-17-37(28)43-40-38(21-25-18-19-31-30-14-5-8-16-35(30)42-36(31)20-25)41-33-15-7-4-13-29(33)32-22-26-10-2-3-11-27(26)23-34(32)41/h2-20,22-23H,1,21,39H2. The maximum Gasteiger partial charge on any atom is 0.135 e. The fraction of sp³-hybridized carbons (Fsp3) is 0.0263. The number of furan rings is 1. The van der Waals surface area contributed by atoms with Crippen molar-refractivity contribution in [2.75, 3.05) is 0 Å². The minimum Gasteiger partial charge on any atom is -0.456 e. The summed E-state index contributed by atoms with van der Waals surface area (Å²) in [7, 11) is 0. The van der Waals surface area contributed by atoms with E-state index >= 15 is 0 Å². The molecule has 0 bridgehead atoms. The number of hydrogen-bond donors (Lipinski definition) is 1. The quantitative estimate of drug-likeness (QED) is 0.127. The molecule has 2 heterocycles. The molecule has 6 aromatic carbocycles. The van der Waals surface area contributed by atoms with Crippen molar-refractivity contribution in [1.82, 2.24) is 4.57 Å². The molecule has 0 amide bonds. The van der Waals surface area contributed by atoms with E-state index in [-0.39, 0.29) is 0 Å². The lowest BCUT2D eigenvalue weighted by Gasteiger charge is -2.13. The maximum absolute atomic E-state index is 6.25. The number of para-hydroxylation sites is 2. The Kier molecular flexibility index (Phi) is 6.05. The van der Waals surface area contributed by atoms with Gasteiger partial charge >= 0.3 is 0 Å². The number of hydrogen-bond acceptors (Lipinski definition) is 4. The Morgan fingerprint density at radius 1 is 0.674 bits per heavy atom. The Hall–Kier alpha value is -5.26.